The predicted octanol–water partition coefficient (Wildman–Crippen LogP) is 7.30. The molecule has 0 fully saturated rings. The van der Waals surface area contributed by atoms with Gasteiger partial charge in [-0.2, -0.15) is 0 Å². The van der Waals surface area contributed by atoms with E-state index in [9.17, 15) is 0 Å². The highest BCUT2D eigenvalue weighted by Gasteiger charge is 2.44. The second kappa shape index (κ2) is 6.59. The molecule has 144 valence electrons. The van der Waals surface area contributed by atoms with Gasteiger partial charge in [0, 0.05) is 0 Å². The van der Waals surface area contributed by atoms with Gasteiger partial charge >= 0.3 is 0 Å². The van der Waals surface area contributed by atoms with Gasteiger partial charge in [-0.25, -0.2) is 0 Å². The van der Waals surface area contributed by atoms with Crippen LogP contribution in [-0.4, -0.2) is 8.07 Å². The van der Waals surface area contributed by atoms with Crippen LogP contribution in [0.4, 0.5) is 0 Å². The van der Waals surface area contributed by atoms with Gasteiger partial charge in [0.15, 0.2) is 0 Å². The zero-order chi connectivity index (χ0) is 19.5. The summed E-state index contributed by atoms with van der Waals surface area (Å²) in [5, 5.41) is 0. The number of aryl methyl sites for hydroxylation is 2. The van der Waals surface area contributed by atoms with Crippen molar-refractivity contribution in [3.05, 3.63) is 81.9 Å². The summed E-state index contributed by atoms with van der Waals surface area (Å²) >= 11 is 0. The van der Waals surface area contributed by atoms with Crippen LogP contribution < -0.4 is 0 Å². The highest BCUT2D eigenvalue weighted by molar-refractivity contribution is 6.81. The minimum atomic E-state index is -1.64. The molecule has 0 heterocycles. The van der Waals surface area contributed by atoms with Gasteiger partial charge in [-0.15, -0.1) is 0 Å². The molecule has 5 rings (SSSR count). The van der Waals surface area contributed by atoms with E-state index in [1.54, 1.807) is 27.8 Å². The van der Waals surface area contributed by atoms with Crippen LogP contribution in [0.3, 0.4) is 0 Å². The first-order valence-electron chi connectivity index (χ1n) is 11.2. The first-order valence-corrected chi connectivity index (χ1v) is 14.3. The zero-order valence-electron chi connectivity index (χ0n) is 17.8. The monoisotopic (exact) mass is 384 g/mol. The number of fused-ring (bicyclic) bond motifs is 3. The Morgan fingerprint density at radius 2 is 1.75 bits per heavy atom. The fourth-order valence-corrected chi connectivity index (χ4v) is 9.57. The van der Waals surface area contributed by atoms with Crippen molar-refractivity contribution in [3.63, 3.8) is 0 Å². The van der Waals surface area contributed by atoms with E-state index in [-0.39, 0.29) is 0 Å². The highest BCUT2D eigenvalue weighted by Crippen LogP contribution is 2.50. The van der Waals surface area contributed by atoms with Crippen molar-refractivity contribution >= 4 is 19.7 Å². The summed E-state index contributed by atoms with van der Waals surface area (Å²) in [5.41, 5.74) is 12.3. The van der Waals surface area contributed by atoms with E-state index in [1.165, 1.54) is 36.8 Å². The van der Waals surface area contributed by atoms with Crippen LogP contribution >= 0.6 is 0 Å². The summed E-state index contributed by atoms with van der Waals surface area (Å²) in [7, 11) is -1.64. The molecule has 0 amide bonds. The minimum absolute atomic E-state index is 0.613. The largest absolute Gasteiger partial charge is 0.0791 e. The normalized spacial score (nSPS) is 23.4. The summed E-state index contributed by atoms with van der Waals surface area (Å²) in [4.78, 5) is 0. The Morgan fingerprint density at radius 3 is 2.54 bits per heavy atom. The molecule has 1 heteroatoms. The standard InChI is InChI=1S/C27H32Si/c1-5-18(2)24-17-27(23-12-7-6-11-22(23)24)28(3,4)26-14-13-21-15-19-9-8-10-20(19)16-25(21)26/h6-7,11-18,26-27H,5,8-10H2,1-4H3. The smallest absolute Gasteiger partial charge is 0.0715 e. The first-order chi connectivity index (χ1) is 13.5. The van der Waals surface area contributed by atoms with Gasteiger partial charge < -0.3 is 0 Å². The maximum atomic E-state index is 2.67. The third kappa shape index (κ3) is 2.63. The predicted molar refractivity (Wildman–Crippen MR) is 124 cm³/mol. The molecule has 3 unspecified atom stereocenters. The lowest BCUT2D eigenvalue weighted by Crippen LogP contribution is -2.40. The van der Waals surface area contributed by atoms with Crippen LogP contribution in [0.15, 0.2) is 48.6 Å². The molecular formula is C27H32Si. The summed E-state index contributed by atoms with van der Waals surface area (Å²) < 4.78 is 0. The van der Waals surface area contributed by atoms with E-state index in [0.717, 1.165) is 0 Å². The second-order valence-corrected chi connectivity index (χ2v) is 14.6. The molecule has 0 saturated carbocycles. The lowest BCUT2D eigenvalue weighted by molar-refractivity contribution is 0.718. The van der Waals surface area contributed by atoms with E-state index in [2.05, 4.69) is 81.6 Å². The topological polar surface area (TPSA) is 0 Å². The Bertz CT molecular complexity index is 991. The third-order valence-electron chi connectivity index (χ3n) is 7.80. The second-order valence-electron chi connectivity index (χ2n) is 9.76. The fraction of sp³-hybridized carbons (Fsp3) is 0.407. The number of allylic oxidation sites excluding steroid dienone is 3. The van der Waals surface area contributed by atoms with Crippen molar-refractivity contribution in [2.24, 2.45) is 5.92 Å². The van der Waals surface area contributed by atoms with E-state index < -0.39 is 8.07 Å². The Labute approximate surface area is 171 Å². The lowest BCUT2D eigenvalue weighted by Gasteiger charge is -2.35. The van der Waals surface area contributed by atoms with Gasteiger partial charge in [0.2, 0.25) is 0 Å². The van der Waals surface area contributed by atoms with Gasteiger partial charge in [0.25, 0.3) is 0 Å². The molecule has 0 aliphatic heterocycles. The molecule has 0 N–H and O–H groups in total. The van der Waals surface area contributed by atoms with Crippen LogP contribution in [0.1, 0.15) is 71.2 Å². The number of benzene rings is 2. The Hall–Kier alpha value is -1.86. The molecule has 0 bridgehead atoms. The van der Waals surface area contributed by atoms with Crippen LogP contribution in [0.25, 0.3) is 11.6 Å². The summed E-state index contributed by atoms with van der Waals surface area (Å²) in [6, 6.07) is 14.3. The van der Waals surface area contributed by atoms with Crippen LogP contribution in [0.2, 0.25) is 13.1 Å². The molecule has 3 aliphatic rings. The lowest BCUT2D eigenvalue weighted by atomic mass is 9.93. The fourth-order valence-electron chi connectivity index (χ4n) is 5.88. The van der Waals surface area contributed by atoms with Crippen molar-refractivity contribution in [1.82, 2.24) is 0 Å². The van der Waals surface area contributed by atoms with Crippen molar-refractivity contribution in [2.45, 2.75) is 63.7 Å². The SMILES string of the molecule is CCC(C)C1=CC([Si](C)(C)C2C=Cc3cc4c(cc32)CCC4)c2ccccc21. The highest BCUT2D eigenvalue weighted by atomic mass is 28.3. The zero-order valence-corrected chi connectivity index (χ0v) is 18.8. The molecular weight excluding hydrogens is 352 g/mol. The Morgan fingerprint density at radius 1 is 1.00 bits per heavy atom. The quantitative estimate of drug-likeness (QED) is 0.485. The van der Waals surface area contributed by atoms with Gasteiger partial charge in [-0.3, -0.25) is 0 Å². The average molecular weight is 385 g/mol. The molecule has 2 aromatic carbocycles. The molecule has 28 heavy (non-hydrogen) atoms. The van der Waals surface area contributed by atoms with Gasteiger partial charge in [0.05, 0.1) is 8.07 Å². The van der Waals surface area contributed by atoms with Gasteiger partial charge in [0.1, 0.15) is 0 Å². The van der Waals surface area contributed by atoms with Crippen LogP contribution in [0, 0.1) is 5.92 Å². The molecule has 0 spiro atoms. The maximum absolute atomic E-state index is 2.67. The first kappa shape index (κ1) is 18.2. The Balaban J connectivity index is 1.57. The molecule has 0 nitrogen and oxygen atoms in total. The summed E-state index contributed by atoms with van der Waals surface area (Å²) in [6.07, 6.45) is 12.7. The van der Waals surface area contributed by atoms with Gasteiger partial charge in [-0.1, -0.05) is 81.6 Å². The number of hydrogen-bond acceptors (Lipinski definition) is 0. The Kier molecular flexibility index (Phi) is 4.28. The molecule has 0 radical (unpaired) electrons. The van der Waals surface area contributed by atoms with Crippen molar-refractivity contribution in [3.8, 4) is 0 Å². The molecule has 3 aliphatic carbocycles. The average Bonchev–Trinajstić information content (AvgIpc) is 3.41. The van der Waals surface area contributed by atoms with E-state index in [4.69, 9.17) is 0 Å². The van der Waals surface area contributed by atoms with Crippen molar-refractivity contribution in [1.29, 1.82) is 0 Å². The maximum Gasteiger partial charge on any atom is 0.0715 e. The van der Waals surface area contributed by atoms with Crippen LogP contribution in [-0.2, 0) is 12.8 Å². The number of rotatable bonds is 4. The van der Waals surface area contributed by atoms with Gasteiger partial charge in [-0.05, 0) is 81.6 Å². The van der Waals surface area contributed by atoms with Crippen LogP contribution in [0.5, 0.6) is 0 Å². The van der Waals surface area contributed by atoms with E-state index in [0.29, 0.717) is 17.0 Å². The summed E-state index contributed by atoms with van der Waals surface area (Å²) in [6.45, 7) is 9.97. The third-order valence-corrected chi connectivity index (χ3v) is 12.0. The van der Waals surface area contributed by atoms with E-state index >= 15 is 0 Å². The minimum Gasteiger partial charge on any atom is -0.0791 e. The van der Waals surface area contributed by atoms with Crippen molar-refractivity contribution in [2.75, 3.05) is 0 Å². The summed E-state index contributed by atoms with van der Waals surface area (Å²) in [5.74, 6) is 0.644. The number of hydrogen-bond donors (Lipinski definition) is 0. The van der Waals surface area contributed by atoms with Crippen molar-refractivity contribution < 1.29 is 0 Å². The van der Waals surface area contributed by atoms with E-state index in [1.807, 2.05) is 0 Å². The molecule has 0 saturated heterocycles. The molecule has 0 aromatic heterocycles. The molecule has 2 aromatic rings. The molecule has 3 atom stereocenters.